The zero-order chi connectivity index (χ0) is 16.2. The fourth-order valence-electron chi connectivity index (χ4n) is 2.06. The summed E-state index contributed by atoms with van der Waals surface area (Å²) in [7, 11) is -3.46. The van der Waals surface area contributed by atoms with Gasteiger partial charge in [0.15, 0.2) is 0 Å². The molecule has 0 bridgehead atoms. The van der Waals surface area contributed by atoms with Gasteiger partial charge >= 0.3 is 0 Å². The molecule has 0 spiro atoms. The van der Waals surface area contributed by atoms with Gasteiger partial charge in [-0.2, -0.15) is 4.31 Å². The summed E-state index contributed by atoms with van der Waals surface area (Å²) < 4.78 is 31.8. The number of hydrogen-bond donors (Lipinski definition) is 2. The summed E-state index contributed by atoms with van der Waals surface area (Å²) in [5, 5.41) is 2.74. The minimum absolute atomic E-state index is 0. The van der Waals surface area contributed by atoms with E-state index in [0.29, 0.717) is 37.1 Å². The summed E-state index contributed by atoms with van der Waals surface area (Å²) in [6, 6.07) is 3.12. The minimum Gasteiger partial charge on any atom is -0.379 e. The highest BCUT2D eigenvalue weighted by Gasteiger charge is 2.27. The second-order valence-electron chi connectivity index (χ2n) is 5.20. The lowest BCUT2D eigenvalue weighted by Gasteiger charge is -2.25. The van der Waals surface area contributed by atoms with Crippen molar-refractivity contribution in [2.24, 2.45) is 5.73 Å². The summed E-state index contributed by atoms with van der Waals surface area (Å²) >= 11 is 1.18. The van der Waals surface area contributed by atoms with Crippen LogP contribution in [0.5, 0.6) is 0 Å². The van der Waals surface area contributed by atoms with Gasteiger partial charge in [-0.25, -0.2) is 8.42 Å². The highest BCUT2D eigenvalue weighted by atomic mass is 35.5. The van der Waals surface area contributed by atoms with Crippen LogP contribution in [-0.4, -0.2) is 51.0 Å². The Bertz CT molecular complexity index is 612. The molecule has 7 nitrogen and oxygen atoms in total. The van der Waals surface area contributed by atoms with Crippen LogP contribution in [0.15, 0.2) is 16.3 Å². The third-order valence-corrected chi connectivity index (χ3v) is 6.62. The number of morpholine rings is 1. The Morgan fingerprint density at radius 2 is 2.09 bits per heavy atom. The lowest BCUT2D eigenvalue weighted by molar-refractivity contribution is -0.121. The topological polar surface area (TPSA) is 102 Å². The zero-order valence-corrected chi connectivity index (χ0v) is 15.3. The molecule has 1 aliphatic heterocycles. The Morgan fingerprint density at radius 1 is 1.43 bits per heavy atom. The number of nitrogens with one attached hydrogen (secondary N) is 1. The van der Waals surface area contributed by atoms with Gasteiger partial charge in [0.25, 0.3) is 10.0 Å². The molecule has 1 aromatic heterocycles. The van der Waals surface area contributed by atoms with Crippen LogP contribution in [0, 0.1) is 0 Å². The van der Waals surface area contributed by atoms with Crippen molar-refractivity contribution >= 4 is 39.7 Å². The monoisotopic (exact) mass is 383 g/mol. The van der Waals surface area contributed by atoms with Gasteiger partial charge in [-0.05, 0) is 19.1 Å². The highest BCUT2D eigenvalue weighted by molar-refractivity contribution is 7.91. The molecule has 132 valence electrons. The van der Waals surface area contributed by atoms with Gasteiger partial charge in [-0.1, -0.05) is 0 Å². The predicted octanol–water partition coefficient (Wildman–Crippen LogP) is 0.544. The first-order valence-corrected chi connectivity index (χ1v) is 9.34. The molecule has 1 saturated heterocycles. The lowest BCUT2D eigenvalue weighted by Crippen LogP contribution is -2.40. The Kier molecular flexibility index (Phi) is 7.91. The standard InChI is InChI=1S/C13H21N3O4S2.ClH/c1-10(14)8-12(17)15-9-11-2-3-13(21-11)22(18,19)16-4-6-20-7-5-16;/h2-3,10H,4-9,14H2,1H3,(H,15,17);1H. The number of ether oxygens (including phenoxy) is 1. The van der Waals surface area contributed by atoms with Crippen LogP contribution in [0.3, 0.4) is 0 Å². The van der Waals surface area contributed by atoms with Crippen molar-refractivity contribution in [2.45, 2.75) is 30.1 Å². The zero-order valence-electron chi connectivity index (χ0n) is 12.9. The van der Waals surface area contributed by atoms with Crippen molar-refractivity contribution < 1.29 is 17.9 Å². The first-order valence-electron chi connectivity index (χ1n) is 7.08. The second kappa shape index (κ2) is 8.95. The van der Waals surface area contributed by atoms with E-state index in [2.05, 4.69) is 5.32 Å². The van der Waals surface area contributed by atoms with Crippen molar-refractivity contribution in [3.8, 4) is 0 Å². The van der Waals surface area contributed by atoms with Crippen LogP contribution >= 0.6 is 23.7 Å². The average molecular weight is 384 g/mol. The van der Waals surface area contributed by atoms with E-state index in [1.54, 1.807) is 19.1 Å². The largest absolute Gasteiger partial charge is 0.379 e. The predicted molar refractivity (Wildman–Crippen MR) is 91.3 cm³/mol. The van der Waals surface area contributed by atoms with Gasteiger partial charge in [0.1, 0.15) is 4.21 Å². The normalized spacial score (nSPS) is 17.3. The molecule has 0 aliphatic carbocycles. The fraction of sp³-hybridized carbons (Fsp3) is 0.615. The minimum atomic E-state index is -3.46. The Labute approximate surface area is 146 Å². The number of hydrogen-bond acceptors (Lipinski definition) is 6. The van der Waals surface area contributed by atoms with Gasteiger partial charge in [0.2, 0.25) is 5.91 Å². The van der Waals surface area contributed by atoms with Crippen LogP contribution in [0.2, 0.25) is 0 Å². The van der Waals surface area contributed by atoms with Crippen molar-refractivity contribution in [3.05, 3.63) is 17.0 Å². The fourth-order valence-corrected chi connectivity index (χ4v) is 4.91. The Morgan fingerprint density at radius 3 is 2.70 bits per heavy atom. The SMILES string of the molecule is CC(N)CC(=O)NCc1ccc(S(=O)(=O)N2CCOCC2)s1.Cl. The quantitative estimate of drug-likeness (QED) is 0.746. The summed E-state index contributed by atoms with van der Waals surface area (Å²) in [6.07, 6.45) is 0.254. The van der Waals surface area contributed by atoms with Crippen LogP contribution in [-0.2, 0) is 26.1 Å². The van der Waals surface area contributed by atoms with Crippen molar-refractivity contribution in [1.82, 2.24) is 9.62 Å². The van der Waals surface area contributed by atoms with Gasteiger partial charge in [-0.3, -0.25) is 4.79 Å². The van der Waals surface area contributed by atoms with E-state index < -0.39 is 10.0 Å². The van der Waals surface area contributed by atoms with Crippen molar-refractivity contribution in [3.63, 3.8) is 0 Å². The molecular formula is C13H22ClN3O4S2. The van der Waals surface area contributed by atoms with E-state index in [1.807, 2.05) is 0 Å². The molecular weight excluding hydrogens is 362 g/mol. The summed E-state index contributed by atoms with van der Waals surface area (Å²) in [4.78, 5) is 12.3. The van der Waals surface area contributed by atoms with Crippen LogP contribution in [0.1, 0.15) is 18.2 Å². The van der Waals surface area contributed by atoms with Gasteiger partial charge in [0, 0.05) is 30.4 Å². The third kappa shape index (κ3) is 5.70. The molecule has 1 fully saturated rings. The molecule has 0 saturated carbocycles. The smallest absolute Gasteiger partial charge is 0.252 e. The van der Waals surface area contributed by atoms with Crippen LogP contribution in [0.25, 0.3) is 0 Å². The van der Waals surface area contributed by atoms with E-state index in [-0.39, 0.29) is 30.8 Å². The molecule has 1 aliphatic rings. The molecule has 0 radical (unpaired) electrons. The second-order valence-corrected chi connectivity index (χ2v) is 8.53. The van der Waals surface area contributed by atoms with Crippen LogP contribution in [0.4, 0.5) is 0 Å². The highest BCUT2D eigenvalue weighted by Crippen LogP contribution is 2.25. The summed E-state index contributed by atoms with van der Waals surface area (Å²) in [5.41, 5.74) is 5.55. The molecule has 2 heterocycles. The van der Waals surface area contributed by atoms with E-state index in [1.165, 1.54) is 15.6 Å². The Balaban J connectivity index is 0.00000264. The number of carbonyl (C=O) groups excluding carboxylic acids is 1. The number of nitrogens with two attached hydrogens (primary N) is 1. The molecule has 3 N–H and O–H groups in total. The lowest BCUT2D eigenvalue weighted by atomic mass is 10.2. The van der Waals surface area contributed by atoms with E-state index in [0.717, 1.165) is 4.88 Å². The number of nitrogens with zero attached hydrogens (tertiary/aromatic N) is 1. The molecule has 10 heteroatoms. The maximum Gasteiger partial charge on any atom is 0.252 e. The summed E-state index contributed by atoms with van der Waals surface area (Å²) in [6.45, 7) is 3.67. The van der Waals surface area contributed by atoms with Gasteiger partial charge < -0.3 is 15.8 Å². The van der Waals surface area contributed by atoms with Crippen molar-refractivity contribution in [2.75, 3.05) is 26.3 Å². The van der Waals surface area contributed by atoms with Crippen molar-refractivity contribution in [1.29, 1.82) is 0 Å². The molecule has 1 unspecified atom stereocenters. The molecule has 1 atom stereocenters. The molecule has 2 rings (SSSR count). The number of carbonyl (C=O) groups is 1. The first-order chi connectivity index (χ1) is 10.4. The molecule has 1 amide bonds. The van der Waals surface area contributed by atoms with Crippen LogP contribution < -0.4 is 11.1 Å². The van der Waals surface area contributed by atoms with E-state index in [9.17, 15) is 13.2 Å². The molecule has 0 aromatic carbocycles. The number of sulfonamides is 1. The van der Waals surface area contributed by atoms with Gasteiger partial charge in [0.05, 0.1) is 19.8 Å². The third-order valence-electron chi connectivity index (χ3n) is 3.17. The summed E-state index contributed by atoms with van der Waals surface area (Å²) in [5.74, 6) is -0.138. The molecule has 1 aromatic rings. The number of halogens is 1. The number of thiophene rings is 1. The number of rotatable bonds is 6. The number of amides is 1. The molecule has 23 heavy (non-hydrogen) atoms. The maximum absolute atomic E-state index is 12.5. The van der Waals surface area contributed by atoms with E-state index >= 15 is 0 Å². The first kappa shape index (κ1) is 20.3. The maximum atomic E-state index is 12.5. The average Bonchev–Trinajstić information content (AvgIpc) is 2.95. The Hall–Kier alpha value is -0.710. The van der Waals surface area contributed by atoms with Gasteiger partial charge in [-0.15, -0.1) is 23.7 Å². The van der Waals surface area contributed by atoms with E-state index in [4.69, 9.17) is 10.5 Å².